The van der Waals surface area contributed by atoms with Crippen LogP contribution in [0.15, 0.2) is 34.9 Å². The lowest BCUT2D eigenvalue weighted by Crippen LogP contribution is -2.51. The number of piperazine rings is 1. The van der Waals surface area contributed by atoms with Crippen molar-refractivity contribution >= 4 is 22.9 Å². The fraction of sp³-hybridized carbons (Fsp3) is 0.440. The van der Waals surface area contributed by atoms with Crippen molar-refractivity contribution < 1.29 is 14.1 Å². The van der Waals surface area contributed by atoms with E-state index in [9.17, 15) is 9.59 Å². The zero-order valence-corrected chi connectivity index (χ0v) is 19.8. The van der Waals surface area contributed by atoms with E-state index in [1.165, 1.54) is 0 Å². The second kappa shape index (κ2) is 9.70. The van der Waals surface area contributed by atoms with E-state index in [2.05, 4.69) is 15.0 Å². The van der Waals surface area contributed by atoms with Gasteiger partial charge in [-0.3, -0.25) is 14.5 Å². The number of pyridine rings is 1. The van der Waals surface area contributed by atoms with Crippen molar-refractivity contribution in [1.82, 2.24) is 24.8 Å². The molecule has 2 aromatic heterocycles. The molecule has 0 radical (unpaired) electrons. The topological polar surface area (TPSA) is 82.8 Å². The van der Waals surface area contributed by atoms with Gasteiger partial charge in [-0.15, -0.1) is 0 Å². The van der Waals surface area contributed by atoms with Crippen LogP contribution >= 0.6 is 0 Å². The number of benzene rings is 1. The van der Waals surface area contributed by atoms with Gasteiger partial charge in [0.15, 0.2) is 0 Å². The molecule has 1 aliphatic rings. The Morgan fingerprint density at radius 3 is 2.33 bits per heavy atom. The van der Waals surface area contributed by atoms with Gasteiger partial charge < -0.3 is 14.3 Å². The highest BCUT2D eigenvalue weighted by molar-refractivity contribution is 6.07. The maximum absolute atomic E-state index is 13.6. The normalized spacial score (nSPS) is 14.6. The fourth-order valence-electron chi connectivity index (χ4n) is 4.28. The molecule has 0 saturated carbocycles. The molecule has 4 rings (SSSR count). The second-order valence-electron chi connectivity index (χ2n) is 8.50. The van der Waals surface area contributed by atoms with E-state index < -0.39 is 0 Å². The molecular weight excluding hydrogens is 418 g/mol. The predicted octanol–water partition coefficient (Wildman–Crippen LogP) is 3.13. The first-order valence-electron chi connectivity index (χ1n) is 11.5. The van der Waals surface area contributed by atoms with Crippen LogP contribution in [0.5, 0.6) is 0 Å². The van der Waals surface area contributed by atoms with Crippen molar-refractivity contribution in [3.8, 4) is 11.3 Å². The Labute approximate surface area is 194 Å². The van der Waals surface area contributed by atoms with E-state index in [1.807, 2.05) is 67.8 Å². The van der Waals surface area contributed by atoms with Gasteiger partial charge in [0.2, 0.25) is 5.91 Å². The van der Waals surface area contributed by atoms with Crippen LogP contribution < -0.4 is 0 Å². The van der Waals surface area contributed by atoms with Crippen molar-refractivity contribution in [2.45, 2.75) is 27.7 Å². The number of carbonyl (C=O) groups excluding carboxylic acids is 2. The van der Waals surface area contributed by atoms with Crippen LogP contribution in [-0.2, 0) is 4.79 Å². The summed E-state index contributed by atoms with van der Waals surface area (Å²) >= 11 is 0. The number of aromatic nitrogens is 2. The van der Waals surface area contributed by atoms with Gasteiger partial charge in [0, 0.05) is 44.8 Å². The number of likely N-dealkylation sites (N-methyl/N-ethyl adjacent to an activating group) is 1. The Balaban J connectivity index is 1.54. The van der Waals surface area contributed by atoms with E-state index >= 15 is 0 Å². The minimum atomic E-state index is -0.0585. The quantitative estimate of drug-likeness (QED) is 0.575. The summed E-state index contributed by atoms with van der Waals surface area (Å²) in [4.78, 5) is 36.4. The first kappa shape index (κ1) is 22.9. The predicted molar refractivity (Wildman–Crippen MR) is 127 cm³/mol. The maximum atomic E-state index is 13.6. The van der Waals surface area contributed by atoms with E-state index in [-0.39, 0.29) is 11.8 Å². The monoisotopic (exact) mass is 449 g/mol. The van der Waals surface area contributed by atoms with Gasteiger partial charge in [0.1, 0.15) is 0 Å². The largest absolute Gasteiger partial charge is 0.342 e. The van der Waals surface area contributed by atoms with Gasteiger partial charge in [-0.2, -0.15) is 0 Å². The van der Waals surface area contributed by atoms with Crippen molar-refractivity contribution in [2.24, 2.45) is 0 Å². The average molecular weight is 450 g/mol. The molecular formula is C25H31N5O3. The third kappa shape index (κ3) is 4.75. The third-order valence-electron chi connectivity index (χ3n) is 6.33. The van der Waals surface area contributed by atoms with Crippen molar-refractivity contribution in [3.63, 3.8) is 0 Å². The van der Waals surface area contributed by atoms with Crippen LogP contribution in [0.3, 0.4) is 0 Å². The maximum Gasteiger partial charge on any atom is 0.259 e. The summed E-state index contributed by atoms with van der Waals surface area (Å²) in [7, 11) is 0. The molecule has 3 aromatic rings. The summed E-state index contributed by atoms with van der Waals surface area (Å²) in [6.45, 7) is 12.1. The molecule has 8 heteroatoms. The Morgan fingerprint density at radius 2 is 1.70 bits per heavy atom. The van der Waals surface area contributed by atoms with Crippen molar-refractivity contribution in [1.29, 1.82) is 0 Å². The standard InChI is InChI=1S/C25H31N5O3/c1-5-29(6-2)22(31)16-28-11-13-30(14-12-28)25(32)20-15-21(19-9-7-17(3)8-10-19)26-24-23(20)18(4)27-33-24/h7-10,15H,5-6,11-14,16H2,1-4H3. The third-order valence-corrected chi connectivity index (χ3v) is 6.33. The Hall–Kier alpha value is -3.26. The molecule has 0 unspecified atom stereocenters. The minimum absolute atomic E-state index is 0.0585. The number of aryl methyl sites for hydroxylation is 2. The van der Waals surface area contributed by atoms with Gasteiger partial charge in [0.05, 0.1) is 28.9 Å². The van der Waals surface area contributed by atoms with Crippen molar-refractivity contribution in [2.75, 3.05) is 45.8 Å². The first-order chi connectivity index (χ1) is 15.9. The number of amides is 2. The second-order valence-corrected chi connectivity index (χ2v) is 8.50. The molecule has 0 spiro atoms. The van der Waals surface area contributed by atoms with Crippen LogP contribution in [0.25, 0.3) is 22.4 Å². The lowest BCUT2D eigenvalue weighted by atomic mass is 10.0. The number of carbonyl (C=O) groups is 2. The first-order valence-corrected chi connectivity index (χ1v) is 11.5. The van der Waals surface area contributed by atoms with Gasteiger partial charge in [-0.05, 0) is 33.8 Å². The minimum Gasteiger partial charge on any atom is -0.342 e. The molecule has 1 aliphatic heterocycles. The number of hydrogen-bond acceptors (Lipinski definition) is 6. The molecule has 33 heavy (non-hydrogen) atoms. The van der Waals surface area contributed by atoms with E-state index in [1.54, 1.807) is 0 Å². The molecule has 1 saturated heterocycles. The summed E-state index contributed by atoms with van der Waals surface area (Å²) in [5.74, 6) is 0.0789. The molecule has 1 aromatic carbocycles. The van der Waals surface area contributed by atoms with E-state index in [0.29, 0.717) is 73.9 Å². The smallest absolute Gasteiger partial charge is 0.259 e. The Morgan fingerprint density at radius 1 is 1.03 bits per heavy atom. The lowest BCUT2D eigenvalue weighted by Gasteiger charge is -2.35. The summed E-state index contributed by atoms with van der Waals surface area (Å²) in [5, 5.41) is 4.71. The van der Waals surface area contributed by atoms with Crippen LogP contribution in [0.4, 0.5) is 0 Å². The molecule has 0 aliphatic carbocycles. The summed E-state index contributed by atoms with van der Waals surface area (Å²) in [6, 6.07) is 9.87. The Bertz CT molecular complexity index is 1140. The molecule has 1 fully saturated rings. The number of hydrogen-bond donors (Lipinski definition) is 0. The van der Waals surface area contributed by atoms with Crippen LogP contribution in [0.1, 0.15) is 35.5 Å². The van der Waals surface area contributed by atoms with Crippen LogP contribution in [0.2, 0.25) is 0 Å². The Kier molecular flexibility index (Phi) is 6.74. The summed E-state index contributed by atoms with van der Waals surface area (Å²) in [5.41, 5.74) is 4.35. The molecule has 174 valence electrons. The molecule has 8 nitrogen and oxygen atoms in total. The van der Waals surface area contributed by atoms with Gasteiger partial charge in [-0.1, -0.05) is 35.0 Å². The van der Waals surface area contributed by atoms with Crippen LogP contribution in [0, 0.1) is 13.8 Å². The summed E-state index contributed by atoms with van der Waals surface area (Å²) < 4.78 is 5.43. The fourth-order valence-corrected chi connectivity index (χ4v) is 4.28. The molecule has 0 N–H and O–H groups in total. The molecule has 0 bridgehead atoms. The van der Waals surface area contributed by atoms with E-state index in [0.717, 1.165) is 11.1 Å². The molecule has 0 atom stereocenters. The van der Waals surface area contributed by atoms with Gasteiger partial charge in [0.25, 0.3) is 11.6 Å². The van der Waals surface area contributed by atoms with Crippen molar-refractivity contribution in [3.05, 3.63) is 47.2 Å². The molecule has 2 amide bonds. The lowest BCUT2D eigenvalue weighted by molar-refractivity contribution is -0.132. The highest BCUT2D eigenvalue weighted by Crippen LogP contribution is 2.28. The van der Waals surface area contributed by atoms with Gasteiger partial charge >= 0.3 is 0 Å². The zero-order valence-electron chi connectivity index (χ0n) is 19.8. The number of nitrogens with zero attached hydrogens (tertiary/aromatic N) is 5. The number of rotatable bonds is 6. The van der Waals surface area contributed by atoms with Crippen LogP contribution in [-0.4, -0.2) is 82.5 Å². The number of fused-ring (bicyclic) bond motifs is 1. The highest BCUT2D eigenvalue weighted by Gasteiger charge is 2.27. The SMILES string of the molecule is CCN(CC)C(=O)CN1CCN(C(=O)c2cc(-c3ccc(C)cc3)nc3onc(C)c23)CC1. The van der Waals surface area contributed by atoms with E-state index in [4.69, 9.17) is 4.52 Å². The molecule has 3 heterocycles. The van der Waals surface area contributed by atoms with Gasteiger partial charge in [-0.25, -0.2) is 4.98 Å². The zero-order chi connectivity index (χ0) is 23.5. The average Bonchev–Trinajstić information content (AvgIpc) is 3.20. The highest BCUT2D eigenvalue weighted by atomic mass is 16.5. The summed E-state index contributed by atoms with van der Waals surface area (Å²) in [6.07, 6.45) is 0.